The molecule has 2 heterocycles. The zero-order valence-electron chi connectivity index (χ0n) is 13.9. The number of hydrogen-bond acceptors (Lipinski definition) is 4. The fraction of sp³-hybridized carbons (Fsp3) is 0.824. The highest BCUT2D eigenvalue weighted by Gasteiger charge is 2.44. The van der Waals surface area contributed by atoms with E-state index in [2.05, 4.69) is 15.5 Å². The van der Waals surface area contributed by atoms with Gasteiger partial charge in [-0.05, 0) is 63.2 Å². The van der Waals surface area contributed by atoms with E-state index in [1.165, 1.54) is 32.1 Å². The number of rotatable bonds is 3. The summed E-state index contributed by atoms with van der Waals surface area (Å²) in [6.45, 7) is 4.25. The van der Waals surface area contributed by atoms with Crippen LogP contribution in [0.3, 0.4) is 0 Å². The number of likely N-dealkylation sites (tertiary alicyclic amines) is 1. The third-order valence-corrected chi connectivity index (χ3v) is 6.18. The van der Waals surface area contributed by atoms with Crippen molar-refractivity contribution in [3.8, 4) is 0 Å². The Bertz CT molecular complexity index is 569. The first-order chi connectivity index (χ1) is 11.1. The maximum atomic E-state index is 12.4. The van der Waals surface area contributed by atoms with E-state index < -0.39 is 0 Å². The van der Waals surface area contributed by atoms with E-state index >= 15 is 0 Å². The van der Waals surface area contributed by atoms with Crippen molar-refractivity contribution >= 4 is 6.03 Å². The van der Waals surface area contributed by atoms with E-state index in [1.54, 1.807) is 0 Å². The molecular weight excluding hydrogens is 292 g/mol. The second-order valence-electron chi connectivity index (χ2n) is 7.75. The summed E-state index contributed by atoms with van der Waals surface area (Å²) in [5, 5.41) is 7.07. The number of amides is 2. The van der Waals surface area contributed by atoms with Crippen molar-refractivity contribution in [1.29, 1.82) is 0 Å². The molecule has 2 aliphatic carbocycles. The summed E-state index contributed by atoms with van der Waals surface area (Å²) in [5.41, 5.74) is 0.417. The predicted octanol–water partition coefficient (Wildman–Crippen LogP) is 2.85. The quantitative estimate of drug-likeness (QED) is 0.930. The second kappa shape index (κ2) is 5.80. The second-order valence-corrected chi connectivity index (χ2v) is 7.75. The number of piperidine rings is 1. The smallest absolute Gasteiger partial charge is 0.317 e. The zero-order valence-corrected chi connectivity index (χ0v) is 13.9. The Labute approximate surface area is 137 Å². The molecule has 126 valence electrons. The van der Waals surface area contributed by atoms with Crippen LogP contribution in [0.4, 0.5) is 4.79 Å². The van der Waals surface area contributed by atoms with Crippen molar-refractivity contribution < 1.29 is 9.32 Å². The van der Waals surface area contributed by atoms with Gasteiger partial charge in [0.05, 0.1) is 0 Å². The molecule has 1 aromatic rings. The van der Waals surface area contributed by atoms with E-state index in [0.29, 0.717) is 17.2 Å². The highest BCUT2D eigenvalue weighted by molar-refractivity contribution is 5.74. The lowest BCUT2D eigenvalue weighted by Gasteiger charge is -2.32. The van der Waals surface area contributed by atoms with Gasteiger partial charge < -0.3 is 14.7 Å². The Kier molecular flexibility index (Phi) is 3.77. The molecular formula is C17H26N4O2. The van der Waals surface area contributed by atoms with Crippen molar-refractivity contribution in [2.24, 2.45) is 11.3 Å². The van der Waals surface area contributed by atoms with E-state index in [9.17, 15) is 4.79 Å². The van der Waals surface area contributed by atoms with E-state index in [4.69, 9.17) is 4.52 Å². The number of aromatic nitrogens is 2. The molecule has 0 unspecified atom stereocenters. The largest absolute Gasteiger partial charge is 0.339 e. The lowest BCUT2D eigenvalue weighted by molar-refractivity contribution is 0.168. The molecule has 6 heteroatoms. The Morgan fingerprint density at radius 2 is 2.04 bits per heavy atom. The van der Waals surface area contributed by atoms with Crippen molar-refractivity contribution in [2.45, 2.75) is 57.8 Å². The molecule has 4 rings (SSSR count). The lowest BCUT2D eigenvalue weighted by atomic mass is 9.84. The Morgan fingerprint density at radius 3 is 2.61 bits per heavy atom. The molecule has 23 heavy (non-hydrogen) atoms. The number of nitrogens with zero attached hydrogens (tertiary/aromatic N) is 3. The van der Waals surface area contributed by atoms with Gasteiger partial charge in [-0.2, -0.15) is 4.98 Å². The molecule has 3 aliphatic rings. The minimum atomic E-state index is 0.106. The summed E-state index contributed by atoms with van der Waals surface area (Å²) in [7, 11) is 0. The normalized spacial score (nSPS) is 30.8. The molecule has 2 bridgehead atoms. The first kappa shape index (κ1) is 15.0. The number of urea groups is 1. The molecule has 3 fully saturated rings. The van der Waals surface area contributed by atoms with E-state index in [0.717, 1.165) is 44.3 Å². The van der Waals surface area contributed by atoms with E-state index in [1.807, 2.05) is 11.8 Å². The zero-order chi connectivity index (χ0) is 15.9. The van der Waals surface area contributed by atoms with Crippen LogP contribution < -0.4 is 5.32 Å². The van der Waals surface area contributed by atoms with Gasteiger partial charge >= 0.3 is 6.03 Å². The average molecular weight is 318 g/mol. The number of fused-ring (bicyclic) bond motifs is 2. The molecule has 6 nitrogen and oxygen atoms in total. The maximum Gasteiger partial charge on any atom is 0.317 e. The minimum absolute atomic E-state index is 0.106. The van der Waals surface area contributed by atoms with Gasteiger partial charge in [0.15, 0.2) is 5.82 Å². The summed E-state index contributed by atoms with van der Waals surface area (Å²) in [4.78, 5) is 18.7. The topological polar surface area (TPSA) is 71.3 Å². The van der Waals surface area contributed by atoms with Gasteiger partial charge in [-0.3, -0.25) is 0 Å². The standard InChI is InChI=1S/C17H26N4O2/c1-12-19-15(23-20-12)14-4-8-21(9-5-14)16(22)18-11-17-6-2-13(10-17)3-7-17/h13-14H,2-11H2,1H3,(H,18,22). The van der Waals surface area contributed by atoms with Gasteiger partial charge in [-0.15, -0.1) is 0 Å². The predicted molar refractivity (Wildman–Crippen MR) is 85.0 cm³/mol. The summed E-state index contributed by atoms with van der Waals surface area (Å²) in [5.74, 6) is 2.64. The first-order valence-electron chi connectivity index (χ1n) is 8.97. The molecule has 0 atom stereocenters. The van der Waals surface area contributed by atoms with Crippen LogP contribution in [0, 0.1) is 18.3 Å². The molecule has 2 amide bonds. The van der Waals surface area contributed by atoms with E-state index in [-0.39, 0.29) is 6.03 Å². The van der Waals surface area contributed by atoms with Crippen LogP contribution in [0.25, 0.3) is 0 Å². The Hall–Kier alpha value is -1.59. The molecule has 1 saturated heterocycles. The average Bonchev–Trinajstić information content (AvgIpc) is 3.29. The van der Waals surface area contributed by atoms with Crippen LogP contribution in [0.1, 0.15) is 62.6 Å². The summed E-state index contributed by atoms with van der Waals surface area (Å²) in [6, 6.07) is 0.106. The van der Waals surface area contributed by atoms with Gasteiger partial charge in [-0.25, -0.2) is 4.79 Å². The lowest BCUT2D eigenvalue weighted by Crippen LogP contribution is -2.46. The van der Waals surface area contributed by atoms with Gasteiger partial charge in [0.25, 0.3) is 0 Å². The third kappa shape index (κ3) is 2.95. The number of carbonyl (C=O) groups is 1. The third-order valence-electron chi connectivity index (χ3n) is 6.18. The fourth-order valence-corrected chi connectivity index (χ4v) is 4.74. The molecule has 1 aromatic heterocycles. The Morgan fingerprint density at radius 1 is 1.30 bits per heavy atom. The SMILES string of the molecule is Cc1noc(C2CCN(C(=O)NCC34CCC(CC3)C4)CC2)n1. The minimum Gasteiger partial charge on any atom is -0.339 e. The number of carbonyl (C=O) groups excluding carboxylic acids is 1. The van der Waals surface area contributed by atoms with Crippen LogP contribution >= 0.6 is 0 Å². The Balaban J connectivity index is 1.26. The van der Waals surface area contributed by atoms with Gasteiger partial charge in [-0.1, -0.05) is 5.16 Å². The molecule has 0 aromatic carbocycles. The highest BCUT2D eigenvalue weighted by Crippen LogP contribution is 2.53. The van der Waals surface area contributed by atoms with Gasteiger partial charge in [0.1, 0.15) is 0 Å². The maximum absolute atomic E-state index is 12.4. The van der Waals surface area contributed by atoms with Crippen LogP contribution in [0.15, 0.2) is 4.52 Å². The van der Waals surface area contributed by atoms with Crippen molar-refractivity contribution in [1.82, 2.24) is 20.4 Å². The van der Waals surface area contributed by atoms with Crippen molar-refractivity contribution in [3.63, 3.8) is 0 Å². The number of aryl methyl sites for hydroxylation is 1. The van der Waals surface area contributed by atoms with Crippen LogP contribution in [0.2, 0.25) is 0 Å². The summed E-state index contributed by atoms with van der Waals surface area (Å²) < 4.78 is 5.27. The van der Waals surface area contributed by atoms with Crippen LogP contribution in [-0.2, 0) is 0 Å². The fourth-order valence-electron chi connectivity index (χ4n) is 4.74. The highest BCUT2D eigenvalue weighted by atomic mass is 16.5. The summed E-state index contributed by atoms with van der Waals surface area (Å²) >= 11 is 0. The first-order valence-corrected chi connectivity index (χ1v) is 8.97. The van der Waals surface area contributed by atoms with Crippen LogP contribution in [-0.4, -0.2) is 40.7 Å². The molecule has 2 saturated carbocycles. The van der Waals surface area contributed by atoms with Crippen LogP contribution in [0.5, 0.6) is 0 Å². The molecule has 0 radical (unpaired) electrons. The van der Waals surface area contributed by atoms with Crippen molar-refractivity contribution in [2.75, 3.05) is 19.6 Å². The summed E-state index contributed by atoms with van der Waals surface area (Å²) in [6.07, 6.45) is 8.47. The number of nitrogens with one attached hydrogen (secondary N) is 1. The molecule has 1 aliphatic heterocycles. The monoisotopic (exact) mass is 318 g/mol. The van der Waals surface area contributed by atoms with Crippen molar-refractivity contribution in [3.05, 3.63) is 11.7 Å². The molecule has 1 N–H and O–H groups in total. The number of hydrogen-bond donors (Lipinski definition) is 1. The molecule has 0 spiro atoms. The van der Waals surface area contributed by atoms with Gasteiger partial charge in [0, 0.05) is 25.6 Å². The van der Waals surface area contributed by atoms with Gasteiger partial charge in [0.2, 0.25) is 5.89 Å².